The van der Waals surface area contributed by atoms with Crippen LogP contribution >= 0.6 is 0 Å². The van der Waals surface area contributed by atoms with Gasteiger partial charge in [-0.3, -0.25) is 0 Å². The van der Waals surface area contributed by atoms with Gasteiger partial charge in [0.05, 0.1) is 12.2 Å². The predicted octanol–water partition coefficient (Wildman–Crippen LogP) is 3.94. The number of rotatable bonds is 4. The van der Waals surface area contributed by atoms with Gasteiger partial charge in [-0.05, 0) is 18.8 Å². The van der Waals surface area contributed by atoms with E-state index in [2.05, 4.69) is 56.8 Å². The molecule has 1 rings (SSSR count). The first kappa shape index (κ1) is 16.7. The summed E-state index contributed by atoms with van der Waals surface area (Å²) in [5, 5.41) is 3.12. The third kappa shape index (κ3) is 4.66. The van der Waals surface area contributed by atoms with Crippen LogP contribution in [0.5, 0.6) is 5.88 Å². The maximum absolute atomic E-state index is 5.90. The van der Waals surface area contributed by atoms with Crippen molar-refractivity contribution in [1.82, 2.24) is 9.97 Å². The Kier molecular flexibility index (Phi) is 5.00. The summed E-state index contributed by atoms with van der Waals surface area (Å²) < 4.78 is 5.90. The Bertz CT molecular complexity index is 456. The standard InChI is InChI=1S/C16H29N3O/c1-11-12(17-8)18-14(16(5,6)7)19-13(11)20-10-9-15(2,3)4/h9-10H2,1-8H3,(H,17,18,19). The van der Waals surface area contributed by atoms with Gasteiger partial charge >= 0.3 is 0 Å². The molecule has 0 fully saturated rings. The van der Waals surface area contributed by atoms with E-state index in [1.165, 1.54) is 0 Å². The molecule has 0 unspecified atom stereocenters. The Hall–Kier alpha value is -1.32. The second kappa shape index (κ2) is 5.98. The summed E-state index contributed by atoms with van der Waals surface area (Å²) in [4.78, 5) is 9.18. The van der Waals surface area contributed by atoms with Crippen molar-refractivity contribution in [3.05, 3.63) is 11.4 Å². The maximum Gasteiger partial charge on any atom is 0.221 e. The molecule has 4 nitrogen and oxygen atoms in total. The third-order valence-corrected chi connectivity index (χ3v) is 3.10. The first-order valence-electron chi connectivity index (χ1n) is 7.24. The molecular formula is C16H29N3O. The van der Waals surface area contributed by atoms with Crippen LogP contribution in [0.4, 0.5) is 5.82 Å². The Balaban J connectivity index is 3.00. The summed E-state index contributed by atoms with van der Waals surface area (Å²) in [5.41, 5.74) is 1.13. The van der Waals surface area contributed by atoms with Gasteiger partial charge in [0.15, 0.2) is 0 Å². The van der Waals surface area contributed by atoms with Gasteiger partial charge in [0, 0.05) is 12.5 Å². The number of aromatic nitrogens is 2. The summed E-state index contributed by atoms with van der Waals surface area (Å²) in [6.07, 6.45) is 0.996. The number of nitrogens with one attached hydrogen (secondary N) is 1. The predicted molar refractivity (Wildman–Crippen MR) is 84.6 cm³/mol. The van der Waals surface area contributed by atoms with Crippen molar-refractivity contribution in [3.63, 3.8) is 0 Å². The Labute approximate surface area is 123 Å². The summed E-state index contributed by atoms with van der Waals surface area (Å²) in [7, 11) is 1.88. The summed E-state index contributed by atoms with van der Waals surface area (Å²) in [6.45, 7) is 15.6. The molecule has 0 aromatic carbocycles. The fraction of sp³-hybridized carbons (Fsp3) is 0.750. The lowest BCUT2D eigenvalue weighted by Crippen LogP contribution is -2.19. The molecule has 1 aromatic rings. The highest BCUT2D eigenvalue weighted by atomic mass is 16.5. The van der Waals surface area contributed by atoms with Crippen LogP contribution in [0.2, 0.25) is 0 Å². The van der Waals surface area contributed by atoms with Crippen molar-refractivity contribution >= 4 is 5.82 Å². The zero-order valence-corrected chi connectivity index (χ0v) is 14.2. The molecule has 0 aliphatic rings. The van der Waals surface area contributed by atoms with Crippen molar-refractivity contribution in [3.8, 4) is 5.88 Å². The van der Waals surface area contributed by atoms with E-state index in [9.17, 15) is 0 Å². The van der Waals surface area contributed by atoms with Crippen LogP contribution in [0.1, 0.15) is 59.4 Å². The first-order valence-corrected chi connectivity index (χ1v) is 7.24. The monoisotopic (exact) mass is 279 g/mol. The van der Waals surface area contributed by atoms with Crippen molar-refractivity contribution in [2.75, 3.05) is 19.0 Å². The highest BCUT2D eigenvalue weighted by Crippen LogP contribution is 2.28. The minimum absolute atomic E-state index is 0.0958. The minimum Gasteiger partial charge on any atom is -0.477 e. The van der Waals surface area contributed by atoms with Gasteiger partial charge in [0.2, 0.25) is 5.88 Å². The van der Waals surface area contributed by atoms with Crippen molar-refractivity contribution < 1.29 is 4.74 Å². The molecule has 1 aromatic heterocycles. The summed E-state index contributed by atoms with van der Waals surface area (Å²) in [5.74, 6) is 2.34. The van der Waals surface area contributed by atoms with E-state index < -0.39 is 0 Å². The van der Waals surface area contributed by atoms with Crippen molar-refractivity contribution in [1.29, 1.82) is 0 Å². The molecule has 20 heavy (non-hydrogen) atoms. The molecule has 0 radical (unpaired) electrons. The second-order valence-electron chi connectivity index (χ2n) is 7.49. The van der Waals surface area contributed by atoms with E-state index in [0.29, 0.717) is 12.5 Å². The molecule has 4 heteroatoms. The maximum atomic E-state index is 5.90. The van der Waals surface area contributed by atoms with E-state index in [1.807, 2.05) is 14.0 Å². The van der Waals surface area contributed by atoms with Crippen LogP contribution in [0.3, 0.4) is 0 Å². The van der Waals surface area contributed by atoms with Crippen LogP contribution in [0.15, 0.2) is 0 Å². The van der Waals surface area contributed by atoms with Gasteiger partial charge in [0.1, 0.15) is 11.6 Å². The molecule has 0 aliphatic heterocycles. The first-order chi connectivity index (χ1) is 9.04. The fourth-order valence-corrected chi connectivity index (χ4v) is 1.67. The molecule has 0 bridgehead atoms. The smallest absolute Gasteiger partial charge is 0.221 e. The van der Waals surface area contributed by atoms with E-state index >= 15 is 0 Å². The zero-order chi connectivity index (χ0) is 15.6. The lowest BCUT2D eigenvalue weighted by atomic mass is 9.93. The highest BCUT2D eigenvalue weighted by molar-refractivity contribution is 5.48. The van der Waals surface area contributed by atoms with Gasteiger partial charge in [-0.25, -0.2) is 4.98 Å². The van der Waals surface area contributed by atoms with Gasteiger partial charge in [-0.1, -0.05) is 41.5 Å². The molecular weight excluding hydrogens is 250 g/mol. The summed E-state index contributed by atoms with van der Waals surface area (Å²) >= 11 is 0. The van der Waals surface area contributed by atoms with Crippen molar-refractivity contribution in [2.45, 2.75) is 60.3 Å². The number of anilines is 1. The number of nitrogens with zero attached hydrogens (tertiary/aromatic N) is 2. The average Bonchev–Trinajstić information content (AvgIpc) is 2.28. The third-order valence-electron chi connectivity index (χ3n) is 3.10. The average molecular weight is 279 g/mol. The van der Waals surface area contributed by atoms with Gasteiger partial charge < -0.3 is 10.1 Å². The van der Waals surface area contributed by atoms with Gasteiger partial charge in [-0.15, -0.1) is 0 Å². The van der Waals surface area contributed by atoms with Crippen LogP contribution < -0.4 is 10.1 Å². The lowest BCUT2D eigenvalue weighted by Gasteiger charge is -2.22. The molecule has 1 N–H and O–H groups in total. The van der Waals surface area contributed by atoms with Crippen LogP contribution in [-0.2, 0) is 5.41 Å². The van der Waals surface area contributed by atoms with Crippen molar-refractivity contribution in [2.24, 2.45) is 5.41 Å². The largest absolute Gasteiger partial charge is 0.477 e. The minimum atomic E-state index is -0.0958. The quantitative estimate of drug-likeness (QED) is 0.907. The zero-order valence-electron chi connectivity index (χ0n) is 14.2. The molecule has 0 spiro atoms. The molecule has 1 heterocycles. The molecule has 0 saturated carbocycles. The normalized spacial score (nSPS) is 12.4. The van der Waals surface area contributed by atoms with E-state index in [1.54, 1.807) is 0 Å². The topological polar surface area (TPSA) is 47.0 Å². The highest BCUT2D eigenvalue weighted by Gasteiger charge is 2.21. The Morgan fingerprint density at radius 2 is 1.65 bits per heavy atom. The number of hydrogen-bond donors (Lipinski definition) is 1. The second-order valence-corrected chi connectivity index (χ2v) is 7.49. The van der Waals surface area contributed by atoms with Crippen LogP contribution in [0, 0.1) is 12.3 Å². The molecule has 0 atom stereocenters. The van der Waals surface area contributed by atoms with Gasteiger partial charge in [-0.2, -0.15) is 4.98 Å². The molecule has 0 aliphatic carbocycles. The van der Waals surface area contributed by atoms with E-state index in [4.69, 9.17) is 4.74 Å². The fourth-order valence-electron chi connectivity index (χ4n) is 1.67. The molecule has 0 saturated heterocycles. The molecule has 114 valence electrons. The number of hydrogen-bond acceptors (Lipinski definition) is 4. The Morgan fingerprint density at radius 1 is 1.05 bits per heavy atom. The van der Waals surface area contributed by atoms with Crippen LogP contribution in [-0.4, -0.2) is 23.6 Å². The van der Waals surface area contributed by atoms with Gasteiger partial charge in [0.25, 0.3) is 0 Å². The molecule has 0 amide bonds. The summed E-state index contributed by atoms with van der Waals surface area (Å²) in [6, 6.07) is 0. The lowest BCUT2D eigenvalue weighted by molar-refractivity contribution is 0.233. The Morgan fingerprint density at radius 3 is 2.10 bits per heavy atom. The van der Waals surface area contributed by atoms with Crippen LogP contribution in [0.25, 0.3) is 0 Å². The van der Waals surface area contributed by atoms with E-state index in [0.717, 1.165) is 23.6 Å². The van der Waals surface area contributed by atoms with E-state index in [-0.39, 0.29) is 10.8 Å². The SMILES string of the molecule is CNc1nc(C(C)(C)C)nc(OCCC(C)(C)C)c1C. The number of ether oxygens (including phenoxy) is 1.